The number of carbonyl (C=O) groups is 1. The molecule has 1 aromatic rings. The highest BCUT2D eigenvalue weighted by atomic mass is 16.5. The highest BCUT2D eigenvalue weighted by Gasteiger charge is 2.22. The van der Waals surface area contributed by atoms with Crippen molar-refractivity contribution in [3.05, 3.63) is 29.8 Å². The molecule has 1 heterocycles. The standard InChI is InChI=1S/C18H29N3O2/c1-4-10-23-17-7-5-6-16(11-17)12-19-18(22)14-21-9-8-20(3)13-15(21)2/h5-7,11,15H,4,8-10,12-14H2,1-3H3,(H,19,22). The van der Waals surface area contributed by atoms with Crippen molar-refractivity contribution in [3.8, 4) is 5.75 Å². The minimum atomic E-state index is 0.0845. The molecule has 0 saturated carbocycles. The zero-order valence-corrected chi connectivity index (χ0v) is 14.5. The topological polar surface area (TPSA) is 44.8 Å². The van der Waals surface area contributed by atoms with Crippen LogP contribution < -0.4 is 10.1 Å². The third-order valence-corrected chi connectivity index (χ3v) is 4.18. The monoisotopic (exact) mass is 319 g/mol. The van der Waals surface area contributed by atoms with Crippen LogP contribution in [0.25, 0.3) is 0 Å². The van der Waals surface area contributed by atoms with Crippen LogP contribution in [0, 0.1) is 0 Å². The normalized spacial score (nSPS) is 19.5. The highest BCUT2D eigenvalue weighted by Crippen LogP contribution is 2.13. The molecule has 0 aromatic heterocycles. The summed E-state index contributed by atoms with van der Waals surface area (Å²) < 4.78 is 5.62. The predicted octanol–water partition coefficient (Wildman–Crippen LogP) is 1.73. The van der Waals surface area contributed by atoms with E-state index >= 15 is 0 Å². The molecule has 23 heavy (non-hydrogen) atoms. The summed E-state index contributed by atoms with van der Waals surface area (Å²) in [7, 11) is 2.13. The van der Waals surface area contributed by atoms with Crippen molar-refractivity contribution >= 4 is 5.91 Å². The summed E-state index contributed by atoms with van der Waals surface area (Å²) >= 11 is 0. The van der Waals surface area contributed by atoms with Crippen LogP contribution in [0.4, 0.5) is 0 Å². The lowest BCUT2D eigenvalue weighted by molar-refractivity contribution is -0.123. The molecule has 2 rings (SSSR count). The van der Waals surface area contributed by atoms with Crippen LogP contribution in [0.5, 0.6) is 5.75 Å². The summed E-state index contributed by atoms with van der Waals surface area (Å²) in [5.41, 5.74) is 1.07. The molecule has 1 aromatic carbocycles. The van der Waals surface area contributed by atoms with Gasteiger partial charge in [0.05, 0.1) is 13.2 Å². The zero-order chi connectivity index (χ0) is 16.7. The number of amides is 1. The Balaban J connectivity index is 1.78. The van der Waals surface area contributed by atoms with Crippen LogP contribution >= 0.6 is 0 Å². The van der Waals surface area contributed by atoms with Crippen LogP contribution in [-0.4, -0.2) is 61.6 Å². The maximum absolute atomic E-state index is 12.2. The van der Waals surface area contributed by atoms with E-state index in [1.165, 1.54) is 0 Å². The van der Waals surface area contributed by atoms with Gasteiger partial charge in [0.2, 0.25) is 5.91 Å². The van der Waals surface area contributed by atoms with E-state index in [0.29, 0.717) is 19.1 Å². The van der Waals surface area contributed by atoms with Crippen molar-refractivity contribution in [1.82, 2.24) is 15.1 Å². The van der Waals surface area contributed by atoms with E-state index < -0.39 is 0 Å². The molecule has 1 fully saturated rings. The molecule has 1 N–H and O–H groups in total. The van der Waals surface area contributed by atoms with Gasteiger partial charge in [-0.25, -0.2) is 0 Å². The van der Waals surface area contributed by atoms with E-state index in [1.807, 2.05) is 24.3 Å². The first-order valence-corrected chi connectivity index (χ1v) is 8.49. The van der Waals surface area contributed by atoms with E-state index in [0.717, 1.165) is 44.0 Å². The van der Waals surface area contributed by atoms with Gasteiger partial charge in [0.15, 0.2) is 0 Å². The second kappa shape index (κ2) is 8.89. The Morgan fingerprint density at radius 3 is 2.96 bits per heavy atom. The van der Waals surface area contributed by atoms with Gasteiger partial charge in [0, 0.05) is 32.2 Å². The molecule has 0 radical (unpaired) electrons. The average Bonchev–Trinajstić information content (AvgIpc) is 2.54. The smallest absolute Gasteiger partial charge is 0.234 e. The fourth-order valence-corrected chi connectivity index (χ4v) is 2.82. The SMILES string of the molecule is CCCOc1cccc(CNC(=O)CN2CCN(C)CC2C)c1. The molecule has 5 heteroatoms. The number of benzene rings is 1. The lowest BCUT2D eigenvalue weighted by Gasteiger charge is -2.37. The van der Waals surface area contributed by atoms with Gasteiger partial charge in [-0.15, -0.1) is 0 Å². The van der Waals surface area contributed by atoms with E-state index in [4.69, 9.17) is 4.74 Å². The van der Waals surface area contributed by atoms with Gasteiger partial charge >= 0.3 is 0 Å². The Morgan fingerprint density at radius 2 is 2.22 bits per heavy atom. The molecular formula is C18H29N3O2. The van der Waals surface area contributed by atoms with Gasteiger partial charge in [-0.05, 0) is 38.1 Å². The van der Waals surface area contributed by atoms with Crippen LogP contribution in [0.1, 0.15) is 25.8 Å². The molecule has 128 valence electrons. The minimum Gasteiger partial charge on any atom is -0.494 e. The summed E-state index contributed by atoms with van der Waals surface area (Å²) in [5.74, 6) is 0.951. The number of piperazine rings is 1. The Labute approximate surface area is 139 Å². The van der Waals surface area contributed by atoms with E-state index in [1.54, 1.807) is 0 Å². The average molecular weight is 319 g/mol. The van der Waals surface area contributed by atoms with Crippen molar-refractivity contribution in [2.24, 2.45) is 0 Å². The van der Waals surface area contributed by atoms with Gasteiger partial charge in [0.25, 0.3) is 0 Å². The number of carbonyl (C=O) groups excluding carboxylic acids is 1. The molecule has 5 nitrogen and oxygen atoms in total. The third-order valence-electron chi connectivity index (χ3n) is 4.18. The minimum absolute atomic E-state index is 0.0845. The van der Waals surface area contributed by atoms with E-state index in [9.17, 15) is 4.79 Å². The first kappa shape index (κ1) is 17.8. The molecule has 0 spiro atoms. The number of nitrogens with zero attached hydrogens (tertiary/aromatic N) is 2. The quantitative estimate of drug-likeness (QED) is 0.831. The molecule has 1 aliphatic rings. The fraction of sp³-hybridized carbons (Fsp3) is 0.611. The Hall–Kier alpha value is -1.59. The summed E-state index contributed by atoms with van der Waals surface area (Å²) in [5, 5.41) is 3.01. The summed E-state index contributed by atoms with van der Waals surface area (Å²) in [6, 6.07) is 8.35. The number of nitrogens with one attached hydrogen (secondary N) is 1. The largest absolute Gasteiger partial charge is 0.494 e. The summed E-state index contributed by atoms with van der Waals surface area (Å²) in [6.07, 6.45) is 0.990. The maximum atomic E-state index is 12.2. The molecule has 1 atom stereocenters. The van der Waals surface area contributed by atoms with Gasteiger partial charge in [-0.2, -0.15) is 0 Å². The molecule has 1 unspecified atom stereocenters. The van der Waals surface area contributed by atoms with Crippen LogP contribution in [-0.2, 0) is 11.3 Å². The molecule has 1 saturated heterocycles. The highest BCUT2D eigenvalue weighted by molar-refractivity contribution is 5.78. The van der Waals surface area contributed by atoms with Crippen LogP contribution in [0.3, 0.4) is 0 Å². The van der Waals surface area contributed by atoms with Crippen LogP contribution in [0.2, 0.25) is 0 Å². The summed E-state index contributed by atoms with van der Waals surface area (Å²) in [4.78, 5) is 16.7. The first-order valence-electron chi connectivity index (χ1n) is 8.49. The number of hydrogen-bond donors (Lipinski definition) is 1. The van der Waals surface area contributed by atoms with Gasteiger partial charge in [-0.1, -0.05) is 19.1 Å². The third kappa shape index (κ3) is 5.84. The molecular weight excluding hydrogens is 290 g/mol. The van der Waals surface area contributed by atoms with Crippen molar-refractivity contribution < 1.29 is 9.53 Å². The summed E-state index contributed by atoms with van der Waals surface area (Å²) in [6.45, 7) is 8.99. The maximum Gasteiger partial charge on any atom is 0.234 e. The second-order valence-electron chi connectivity index (χ2n) is 6.35. The second-order valence-corrected chi connectivity index (χ2v) is 6.35. The van der Waals surface area contributed by atoms with Gasteiger partial charge in [0.1, 0.15) is 5.75 Å². The number of likely N-dealkylation sites (N-methyl/N-ethyl adjacent to an activating group) is 1. The Kier molecular flexibility index (Phi) is 6.86. The van der Waals surface area contributed by atoms with Crippen molar-refractivity contribution in [3.63, 3.8) is 0 Å². The lowest BCUT2D eigenvalue weighted by Crippen LogP contribution is -2.53. The number of rotatable bonds is 7. The number of hydrogen-bond acceptors (Lipinski definition) is 4. The Morgan fingerprint density at radius 1 is 1.39 bits per heavy atom. The molecule has 1 aliphatic heterocycles. The lowest BCUT2D eigenvalue weighted by atomic mass is 10.2. The molecule has 0 bridgehead atoms. The van der Waals surface area contributed by atoms with Gasteiger partial charge in [-0.3, -0.25) is 9.69 Å². The van der Waals surface area contributed by atoms with Crippen molar-refractivity contribution in [1.29, 1.82) is 0 Å². The Bertz CT molecular complexity index is 507. The van der Waals surface area contributed by atoms with Crippen molar-refractivity contribution in [2.75, 3.05) is 39.8 Å². The molecule has 0 aliphatic carbocycles. The van der Waals surface area contributed by atoms with Gasteiger partial charge < -0.3 is 15.0 Å². The fourth-order valence-electron chi connectivity index (χ4n) is 2.82. The van der Waals surface area contributed by atoms with E-state index in [-0.39, 0.29) is 5.91 Å². The number of ether oxygens (including phenoxy) is 1. The van der Waals surface area contributed by atoms with Crippen LogP contribution in [0.15, 0.2) is 24.3 Å². The predicted molar refractivity (Wildman–Crippen MR) is 92.6 cm³/mol. The zero-order valence-electron chi connectivity index (χ0n) is 14.5. The molecule has 1 amide bonds. The first-order chi connectivity index (χ1) is 11.1. The van der Waals surface area contributed by atoms with Crippen molar-refractivity contribution in [2.45, 2.75) is 32.9 Å². The van der Waals surface area contributed by atoms with E-state index in [2.05, 4.69) is 36.0 Å².